The summed E-state index contributed by atoms with van der Waals surface area (Å²) in [4.78, 5) is 8.27. The van der Waals surface area contributed by atoms with E-state index in [0.717, 1.165) is 31.1 Å². The second-order valence-corrected chi connectivity index (χ2v) is 5.03. The van der Waals surface area contributed by atoms with Crippen molar-refractivity contribution in [3.8, 4) is 0 Å². The van der Waals surface area contributed by atoms with Gasteiger partial charge >= 0.3 is 0 Å². The molecule has 0 spiro atoms. The molecule has 0 saturated carbocycles. The van der Waals surface area contributed by atoms with E-state index in [1.807, 2.05) is 6.92 Å². The molecule has 0 aliphatic heterocycles. The lowest BCUT2D eigenvalue weighted by Gasteiger charge is -2.16. The zero-order valence-electron chi connectivity index (χ0n) is 10.8. The molecule has 3 nitrogen and oxygen atoms in total. The van der Waals surface area contributed by atoms with Crippen LogP contribution < -0.4 is 10.6 Å². The first-order valence-corrected chi connectivity index (χ1v) is 6.95. The van der Waals surface area contributed by atoms with Crippen LogP contribution in [0.3, 0.4) is 0 Å². The normalized spacial score (nSPS) is 12.8. The van der Waals surface area contributed by atoms with Crippen molar-refractivity contribution in [2.75, 3.05) is 18.0 Å². The molecule has 1 unspecified atom stereocenters. The maximum absolute atomic E-state index is 5.99. The summed E-state index contributed by atoms with van der Waals surface area (Å²) in [7, 11) is 0. The van der Waals surface area contributed by atoms with Crippen molar-refractivity contribution < 1.29 is 0 Å². The number of hydrogen-bond acceptors (Lipinski definition) is 4. The standard InChI is InChI=1S/C12H23N3S/c1-5-8-10-11(9(4)13)16-12(14-10)15(6-2)7-3/h9H,5-8,13H2,1-4H3. The predicted molar refractivity (Wildman–Crippen MR) is 72.3 cm³/mol. The molecule has 0 fully saturated rings. The minimum atomic E-state index is 0.100. The molecule has 1 atom stereocenters. The van der Waals surface area contributed by atoms with E-state index in [9.17, 15) is 0 Å². The SMILES string of the molecule is CCCc1nc(N(CC)CC)sc1C(C)N. The van der Waals surface area contributed by atoms with Gasteiger partial charge in [0.25, 0.3) is 0 Å². The van der Waals surface area contributed by atoms with Gasteiger partial charge in [-0.05, 0) is 27.2 Å². The van der Waals surface area contributed by atoms with Crippen LogP contribution in [0.1, 0.15) is 50.7 Å². The van der Waals surface area contributed by atoms with Crippen LogP contribution in [-0.2, 0) is 6.42 Å². The van der Waals surface area contributed by atoms with Gasteiger partial charge in [-0.3, -0.25) is 0 Å². The van der Waals surface area contributed by atoms with Gasteiger partial charge in [0.1, 0.15) is 0 Å². The maximum atomic E-state index is 5.99. The highest BCUT2D eigenvalue weighted by molar-refractivity contribution is 7.15. The summed E-state index contributed by atoms with van der Waals surface area (Å²) in [5.74, 6) is 0. The number of nitrogens with two attached hydrogens (primary N) is 1. The van der Waals surface area contributed by atoms with Gasteiger partial charge in [-0.2, -0.15) is 0 Å². The monoisotopic (exact) mass is 241 g/mol. The number of aryl methyl sites for hydroxylation is 1. The molecule has 0 radical (unpaired) electrons. The molecular weight excluding hydrogens is 218 g/mol. The Balaban J connectivity index is 3.00. The number of anilines is 1. The highest BCUT2D eigenvalue weighted by Gasteiger charge is 2.16. The summed E-state index contributed by atoms with van der Waals surface area (Å²) in [6, 6.07) is 0.100. The predicted octanol–water partition coefficient (Wildman–Crippen LogP) is 2.96. The number of hydrogen-bond donors (Lipinski definition) is 1. The van der Waals surface area contributed by atoms with Gasteiger partial charge in [-0.1, -0.05) is 13.3 Å². The Kier molecular flexibility index (Phi) is 5.22. The largest absolute Gasteiger partial charge is 0.349 e. The highest BCUT2D eigenvalue weighted by atomic mass is 32.1. The lowest BCUT2D eigenvalue weighted by atomic mass is 10.2. The Bertz CT molecular complexity index is 316. The Labute approximate surface area is 103 Å². The fourth-order valence-corrected chi connectivity index (χ4v) is 2.94. The van der Waals surface area contributed by atoms with Crippen molar-refractivity contribution in [1.82, 2.24) is 4.98 Å². The molecule has 0 amide bonds. The average molecular weight is 241 g/mol. The summed E-state index contributed by atoms with van der Waals surface area (Å²) < 4.78 is 0. The van der Waals surface area contributed by atoms with Crippen LogP contribution >= 0.6 is 11.3 Å². The maximum Gasteiger partial charge on any atom is 0.185 e. The molecule has 1 rings (SSSR count). The van der Waals surface area contributed by atoms with Gasteiger partial charge in [-0.25, -0.2) is 4.98 Å². The average Bonchev–Trinajstić information content (AvgIpc) is 2.65. The third-order valence-electron chi connectivity index (χ3n) is 2.65. The van der Waals surface area contributed by atoms with Crippen LogP contribution in [0.15, 0.2) is 0 Å². The minimum Gasteiger partial charge on any atom is -0.349 e. The van der Waals surface area contributed by atoms with Gasteiger partial charge < -0.3 is 10.6 Å². The first-order valence-electron chi connectivity index (χ1n) is 6.14. The zero-order valence-corrected chi connectivity index (χ0v) is 11.6. The quantitative estimate of drug-likeness (QED) is 0.832. The van der Waals surface area contributed by atoms with E-state index in [0.29, 0.717) is 0 Å². The number of nitrogens with zero attached hydrogens (tertiary/aromatic N) is 2. The van der Waals surface area contributed by atoms with Crippen molar-refractivity contribution in [3.05, 3.63) is 10.6 Å². The third kappa shape index (κ3) is 2.95. The van der Waals surface area contributed by atoms with Crippen molar-refractivity contribution in [3.63, 3.8) is 0 Å². The molecule has 16 heavy (non-hydrogen) atoms. The molecular formula is C12H23N3S. The van der Waals surface area contributed by atoms with Crippen molar-refractivity contribution in [2.24, 2.45) is 5.73 Å². The lowest BCUT2D eigenvalue weighted by molar-refractivity contribution is 0.788. The summed E-state index contributed by atoms with van der Waals surface area (Å²) >= 11 is 1.75. The Morgan fingerprint density at radius 1 is 1.31 bits per heavy atom. The van der Waals surface area contributed by atoms with E-state index in [-0.39, 0.29) is 6.04 Å². The first-order chi connectivity index (χ1) is 7.63. The first kappa shape index (κ1) is 13.5. The fraction of sp³-hybridized carbons (Fsp3) is 0.750. The molecule has 1 heterocycles. The molecule has 4 heteroatoms. The second kappa shape index (κ2) is 6.21. The summed E-state index contributed by atoms with van der Waals surface area (Å²) in [6.45, 7) is 10.6. The Morgan fingerprint density at radius 2 is 1.94 bits per heavy atom. The van der Waals surface area contributed by atoms with Gasteiger partial charge in [0.15, 0.2) is 5.13 Å². The van der Waals surface area contributed by atoms with Crippen LogP contribution in [-0.4, -0.2) is 18.1 Å². The van der Waals surface area contributed by atoms with E-state index < -0.39 is 0 Å². The molecule has 0 bridgehead atoms. The van der Waals surface area contributed by atoms with E-state index in [4.69, 9.17) is 10.7 Å². The van der Waals surface area contributed by atoms with E-state index in [1.165, 1.54) is 10.6 Å². The number of aromatic nitrogens is 1. The molecule has 1 aromatic rings. The Hall–Kier alpha value is -0.610. The van der Waals surface area contributed by atoms with Gasteiger partial charge in [0.2, 0.25) is 0 Å². The van der Waals surface area contributed by atoms with Crippen LogP contribution in [0.4, 0.5) is 5.13 Å². The van der Waals surface area contributed by atoms with Crippen molar-refractivity contribution in [2.45, 2.75) is 46.6 Å². The third-order valence-corrected chi connectivity index (χ3v) is 4.01. The minimum absolute atomic E-state index is 0.100. The summed E-state index contributed by atoms with van der Waals surface area (Å²) in [6.07, 6.45) is 2.16. The van der Waals surface area contributed by atoms with Gasteiger partial charge in [0, 0.05) is 24.0 Å². The highest BCUT2D eigenvalue weighted by Crippen LogP contribution is 2.30. The van der Waals surface area contributed by atoms with Crippen molar-refractivity contribution in [1.29, 1.82) is 0 Å². The number of thiazole rings is 1. The molecule has 0 aliphatic rings. The molecule has 92 valence electrons. The van der Waals surface area contributed by atoms with Gasteiger partial charge in [0.05, 0.1) is 5.69 Å². The lowest BCUT2D eigenvalue weighted by Crippen LogP contribution is -2.21. The molecule has 0 saturated heterocycles. The smallest absolute Gasteiger partial charge is 0.185 e. The topological polar surface area (TPSA) is 42.2 Å². The molecule has 0 aromatic carbocycles. The van der Waals surface area contributed by atoms with Gasteiger partial charge in [-0.15, -0.1) is 11.3 Å². The van der Waals surface area contributed by atoms with E-state index >= 15 is 0 Å². The van der Waals surface area contributed by atoms with Crippen LogP contribution in [0.5, 0.6) is 0 Å². The van der Waals surface area contributed by atoms with Crippen LogP contribution in [0.2, 0.25) is 0 Å². The zero-order chi connectivity index (χ0) is 12.1. The van der Waals surface area contributed by atoms with Crippen LogP contribution in [0.25, 0.3) is 0 Å². The molecule has 1 aromatic heterocycles. The second-order valence-electron chi connectivity index (χ2n) is 4.02. The summed E-state index contributed by atoms with van der Waals surface area (Å²) in [5, 5.41) is 1.13. The van der Waals surface area contributed by atoms with Crippen molar-refractivity contribution >= 4 is 16.5 Å². The molecule has 2 N–H and O–H groups in total. The molecule has 0 aliphatic carbocycles. The van der Waals surface area contributed by atoms with Crippen LogP contribution in [0, 0.1) is 0 Å². The number of rotatable bonds is 6. The van der Waals surface area contributed by atoms with E-state index in [2.05, 4.69) is 25.7 Å². The summed E-state index contributed by atoms with van der Waals surface area (Å²) in [5.41, 5.74) is 7.19. The fourth-order valence-electron chi connectivity index (χ4n) is 1.75. The Morgan fingerprint density at radius 3 is 2.38 bits per heavy atom. The van der Waals surface area contributed by atoms with E-state index in [1.54, 1.807) is 11.3 Å².